The van der Waals surface area contributed by atoms with Gasteiger partial charge in [-0.3, -0.25) is 18.6 Å². The lowest BCUT2D eigenvalue weighted by atomic mass is 10.0. The van der Waals surface area contributed by atoms with Crippen LogP contribution in [0.25, 0.3) is 0 Å². The van der Waals surface area contributed by atoms with E-state index in [-0.39, 0.29) is 25.6 Å². The van der Waals surface area contributed by atoms with Crippen molar-refractivity contribution in [2.75, 3.05) is 40.5 Å². The van der Waals surface area contributed by atoms with Gasteiger partial charge >= 0.3 is 19.8 Å². The molecule has 0 spiro atoms. The van der Waals surface area contributed by atoms with Gasteiger partial charge in [-0.05, 0) is 26.9 Å². The van der Waals surface area contributed by atoms with Gasteiger partial charge in [0.05, 0.1) is 13.2 Å². The number of carbonyl (C=O) groups excluding carboxylic acids is 2. The fourth-order valence-corrected chi connectivity index (χ4v) is 7.20. The summed E-state index contributed by atoms with van der Waals surface area (Å²) in [5.74, 6) is -0.786. The van der Waals surface area contributed by atoms with Crippen molar-refractivity contribution in [2.24, 2.45) is 0 Å². The maximum Gasteiger partial charge on any atom is 0.472 e. The number of esters is 2. The van der Waals surface area contributed by atoms with Gasteiger partial charge < -0.3 is 19.3 Å². The van der Waals surface area contributed by atoms with E-state index in [1.54, 1.807) is 0 Å². The minimum absolute atomic E-state index is 0.0126. The van der Waals surface area contributed by atoms with Gasteiger partial charge in [-0.25, -0.2) is 4.57 Å². The van der Waals surface area contributed by atoms with Gasteiger partial charge in [0.15, 0.2) is 6.10 Å². The Morgan fingerprint density at radius 3 is 1.21 bits per heavy atom. The van der Waals surface area contributed by atoms with Gasteiger partial charge in [0.1, 0.15) is 6.61 Å². The van der Waals surface area contributed by atoms with E-state index in [2.05, 4.69) is 13.8 Å². The Labute approximate surface area is 327 Å². The van der Waals surface area contributed by atoms with Crippen LogP contribution in [-0.2, 0) is 32.7 Å². The highest BCUT2D eigenvalue weighted by molar-refractivity contribution is 7.47. The van der Waals surface area contributed by atoms with Crippen molar-refractivity contribution < 1.29 is 37.6 Å². The monoisotopic (exact) mass is 776 g/mol. The van der Waals surface area contributed by atoms with Crippen molar-refractivity contribution >= 4 is 19.8 Å². The number of unbranched alkanes of at least 4 members (excludes halogenated alkanes) is 28. The average Bonchev–Trinajstić information content (AvgIpc) is 3.12. The molecule has 0 aliphatic heterocycles. The smallest absolute Gasteiger partial charge is 0.462 e. The number of ether oxygens (including phenoxy) is 2. The van der Waals surface area contributed by atoms with E-state index in [1.165, 1.54) is 154 Å². The van der Waals surface area contributed by atoms with Crippen LogP contribution in [0, 0.1) is 0 Å². The Balaban J connectivity index is 4.23. The second-order valence-corrected chi connectivity index (χ2v) is 17.0. The predicted molar refractivity (Wildman–Crippen MR) is 220 cm³/mol. The van der Waals surface area contributed by atoms with Crippen molar-refractivity contribution in [1.29, 1.82) is 0 Å². The largest absolute Gasteiger partial charge is 0.472 e. The highest BCUT2D eigenvalue weighted by atomic mass is 31.2. The lowest BCUT2D eigenvalue weighted by Gasteiger charge is -2.20. The van der Waals surface area contributed by atoms with Crippen molar-refractivity contribution in [3.63, 3.8) is 0 Å². The third kappa shape index (κ3) is 40.5. The quantitative estimate of drug-likeness (QED) is 0.0368. The van der Waals surface area contributed by atoms with Crippen LogP contribution in [-0.4, -0.2) is 68.3 Å². The third-order valence-electron chi connectivity index (χ3n) is 9.91. The van der Waals surface area contributed by atoms with Crippen LogP contribution in [0.2, 0.25) is 0 Å². The molecule has 9 nitrogen and oxygen atoms in total. The van der Waals surface area contributed by atoms with Gasteiger partial charge in [0.25, 0.3) is 0 Å². The van der Waals surface area contributed by atoms with Crippen LogP contribution < -0.4 is 0 Å². The predicted octanol–water partition coefficient (Wildman–Crippen LogP) is 12.7. The summed E-state index contributed by atoms with van der Waals surface area (Å²) in [5, 5.41) is 0. The molecule has 0 rings (SSSR count). The molecule has 0 aliphatic rings. The van der Waals surface area contributed by atoms with Crippen LogP contribution >= 0.6 is 7.82 Å². The molecule has 316 valence electrons. The van der Waals surface area contributed by atoms with Gasteiger partial charge in [0.2, 0.25) is 0 Å². The van der Waals surface area contributed by atoms with E-state index in [0.29, 0.717) is 13.0 Å². The van der Waals surface area contributed by atoms with Gasteiger partial charge in [-0.15, -0.1) is 0 Å². The van der Waals surface area contributed by atoms with Crippen LogP contribution in [0.4, 0.5) is 0 Å². The molecule has 0 heterocycles. The standard InChI is InChI=1S/C43H86NO8P/c1-5-7-9-11-13-15-17-19-21-23-25-27-29-31-33-35-42(45)49-39-41(40-51-53(47,48)50-38-37-44(3)4)52-43(46)36-34-32-30-28-26-24-22-20-18-16-14-12-10-8-6-2/h41H,5-40H2,1-4H3,(H,47,48)/t41-/m1/s1. The molecule has 0 aliphatic carbocycles. The Morgan fingerprint density at radius 1 is 0.509 bits per heavy atom. The SMILES string of the molecule is CCCCCCCCCCCCCCCCCC(=O)OC[C@H](COP(=O)(O)OCCN(C)C)OC(=O)CCCCCCCCCCCCCCCCC. The highest BCUT2D eigenvalue weighted by Gasteiger charge is 2.26. The summed E-state index contributed by atoms with van der Waals surface area (Å²) in [6.45, 7) is 4.36. The molecule has 1 N–H and O–H groups in total. The van der Waals surface area contributed by atoms with Crippen LogP contribution in [0.3, 0.4) is 0 Å². The van der Waals surface area contributed by atoms with Crippen molar-refractivity contribution in [1.82, 2.24) is 4.90 Å². The van der Waals surface area contributed by atoms with Crippen LogP contribution in [0.1, 0.15) is 219 Å². The average molecular weight is 776 g/mol. The third-order valence-corrected chi connectivity index (χ3v) is 10.9. The summed E-state index contributed by atoms with van der Waals surface area (Å²) in [5.41, 5.74) is 0. The van der Waals surface area contributed by atoms with E-state index < -0.39 is 26.5 Å². The van der Waals surface area contributed by atoms with Gasteiger partial charge in [-0.1, -0.05) is 194 Å². The Hall–Kier alpha value is -0.990. The Bertz CT molecular complexity index is 858. The second-order valence-electron chi connectivity index (χ2n) is 15.6. The summed E-state index contributed by atoms with van der Waals surface area (Å²) >= 11 is 0. The van der Waals surface area contributed by atoms with Crippen molar-refractivity contribution in [3.05, 3.63) is 0 Å². The number of phosphoric acid groups is 1. The van der Waals surface area contributed by atoms with E-state index in [9.17, 15) is 19.0 Å². The molecule has 0 aromatic heterocycles. The van der Waals surface area contributed by atoms with Crippen LogP contribution in [0.15, 0.2) is 0 Å². The maximum atomic E-state index is 12.6. The Morgan fingerprint density at radius 2 is 0.849 bits per heavy atom. The van der Waals surface area contributed by atoms with Crippen molar-refractivity contribution in [3.8, 4) is 0 Å². The zero-order chi connectivity index (χ0) is 39.1. The first kappa shape index (κ1) is 52.0. The molecule has 0 aromatic carbocycles. The number of nitrogens with zero attached hydrogens (tertiary/aromatic N) is 1. The topological polar surface area (TPSA) is 112 Å². The van der Waals surface area contributed by atoms with E-state index in [0.717, 1.165) is 38.5 Å². The molecule has 0 fully saturated rings. The van der Waals surface area contributed by atoms with E-state index in [4.69, 9.17) is 18.5 Å². The fourth-order valence-electron chi connectivity index (χ4n) is 6.45. The van der Waals surface area contributed by atoms with Crippen molar-refractivity contribution in [2.45, 2.75) is 225 Å². The summed E-state index contributed by atoms with van der Waals surface area (Å²) < 4.78 is 33.5. The molecule has 0 radical (unpaired) electrons. The van der Waals surface area contributed by atoms with E-state index in [1.807, 2.05) is 19.0 Å². The van der Waals surface area contributed by atoms with Crippen LogP contribution in [0.5, 0.6) is 0 Å². The molecule has 0 amide bonds. The Kier molecular flexibility index (Phi) is 38.5. The number of rotatable bonds is 42. The molecule has 53 heavy (non-hydrogen) atoms. The first-order valence-electron chi connectivity index (χ1n) is 22.3. The zero-order valence-corrected chi connectivity index (χ0v) is 36.1. The number of phosphoric ester groups is 1. The first-order valence-corrected chi connectivity index (χ1v) is 23.8. The molecular weight excluding hydrogens is 689 g/mol. The molecular formula is C43H86NO8P. The van der Waals surface area contributed by atoms with Gasteiger partial charge in [-0.2, -0.15) is 0 Å². The molecule has 0 bridgehead atoms. The minimum Gasteiger partial charge on any atom is -0.462 e. The zero-order valence-electron chi connectivity index (χ0n) is 35.2. The minimum atomic E-state index is -4.35. The highest BCUT2D eigenvalue weighted by Crippen LogP contribution is 2.43. The molecule has 1 unspecified atom stereocenters. The van der Waals surface area contributed by atoms with Gasteiger partial charge in [0, 0.05) is 19.4 Å². The number of hydrogen-bond acceptors (Lipinski definition) is 8. The summed E-state index contributed by atoms with van der Waals surface area (Å²) in [4.78, 5) is 37.0. The molecule has 0 aromatic rings. The lowest BCUT2D eigenvalue weighted by Crippen LogP contribution is -2.29. The molecule has 10 heteroatoms. The molecule has 0 saturated heterocycles. The first-order chi connectivity index (χ1) is 25.7. The number of carbonyl (C=O) groups is 2. The molecule has 2 atom stereocenters. The summed E-state index contributed by atoms with van der Waals surface area (Å²) in [6.07, 6.45) is 37.1. The number of hydrogen-bond donors (Lipinski definition) is 1. The fraction of sp³-hybridized carbons (Fsp3) is 0.953. The summed E-state index contributed by atoms with van der Waals surface area (Å²) in [6, 6.07) is 0. The van der Waals surface area contributed by atoms with E-state index >= 15 is 0 Å². The second kappa shape index (κ2) is 39.3. The maximum absolute atomic E-state index is 12.6. The lowest BCUT2D eigenvalue weighted by molar-refractivity contribution is -0.161. The summed E-state index contributed by atoms with van der Waals surface area (Å²) in [7, 11) is -0.696. The number of likely N-dealkylation sites (N-methyl/N-ethyl adjacent to an activating group) is 1. The normalized spacial score (nSPS) is 13.3. The molecule has 0 saturated carbocycles.